The van der Waals surface area contributed by atoms with E-state index in [-0.39, 0.29) is 58.2 Å². The molecule has 9 N–H and O–H groups in total. The highest BCUT2D eigenvalue weighted by Crippen LogP contribution is 2.07. The van der Waals surface area contributed by atoms with Crippen LogP contribution in [0.1, 0.15) is 59.3 Å². The van der Waals surface area contributed by atoms with Crippen molar-refractivity contribution in [3.63, 3.8) is 0 Å². The number of hydrogen-bond acceptors (Lipinski definition) is 13. The van der Waals surface area contributed by atoms with Crippen molar-refractivity contribution in [2.45, 2.75) is 77.4 Å². The second-order valence-corrected chi connectivity index (χ2v) is 11.2. The number of carbonyl (C=O) groups excluding carboxylic acids is 9. The van der Waals surface area contributed by atoms with E-state index in [1.54, 1.807) is 0 Å². The van der Waals surface area contributed by atoms with Crippen LogP contribution in [0, 0.1) is 0 Å². The Morgan fingerprint density at radius 3 is 1.43 bits per heavy atom. The van der Waals surface area contributed by atoms with Gasteiger partial charge in [-0.3, -0.25) is 64.1 Å². The maximum atomic E-state index is 13.4. The quantitative estimate of drug-likeness (QED) is 0.0692. The minimum atomic E-state index is -1.32. The summed E-state index contributed by atoms with van der Waals surface area (Å²) in [6.45, 7) is 0.613. The number of carbonyl (C=O) groups is 9. The molecule has 0 radical (unpaired) electrons. The van der Waals surface area contributed by atoms with E-state index in [9.17, 15) is 58.8 Å². The van der Waals surface area contributed by atoms with Crippen LogP contribution >= 0.6 is 0 Å². The normalized spacial score (nSPS) is 20.2. The highest BCUT2D eigenvalue weighted by molar-refractivity contribution is 5.95. The first-order valence-electron chi connectivity index (χ1n) is 15.6. The minimum absolute atomic E-state index is 0.0150. The molecule has 0 aliphatic carbocycles. The largest absolute Gasteiger partial charge is 0.346 e. The van der Waals surface area contributed by atoms with Gasteiger partial charge in [0.2, 0.25) is 47.3 Å². The number of ketones is 1. The van der Waals surface area contributed by atoms with Gasteiger partial charge in [-0.2, -0.15) is 0 Å². The van der Waals surface area contributed by atoms with Gasteiger partial charge in [0.05, 0.1) is 38.3 Å². The van der Waals surface area contributed by atoms with Crippen LogP contribution in [0.5, 0.6) is 0 Å². The third kappa shape index (κ3) is 17.3. The molecule has 0 saturated carbocycles. The Kier molecular flexibility index (Phi) is 19.0. The van der Waals surface area contributed by atoms with Crippen molar-refractivity contribution in [2.24, 2.45) is 0 Å². The number of amides is 8. The third-order valence-corrected chi connectivity index (χ3v) is 7.19. The standard InChI is InChI=1S/C28H47N9O12/c1-17(38)35(47)10-4-7-20-23(41)13-29-21(8-5-11-36(48)18(2)39)27(45)32-15-25(43)30-14-24(42)31-16-26(44)33-22(28(46)34-20)9-6-12-37(49)19(3)40/h20-22,29,47-49H,4-16H2,1-3H3,(H,30,43)(H,31,42)(H,32,45)(H,33,44)(H,34,46). The van der Waals surface area contributed by atoms with Gasteiger partial charge in [-0.15, -0.1) is 0 Å². The zero-order chi connectivity index (χ0) is 37.1. The van der Waals surface area contributed by atoms with Crippen LogP contribution in [-0.4, -0.2) is 148 Å². The molecule has 0 aromatic carbocycles. The second-order valence-electron chi connectivity index (χ2n) is 11.2. The van der Waals surface area contributed by atoms with Gasteiger partial charge in [-0.05, 0) is 38.5 Å². The summed E-state index contributed by atoms with van der Waals surface area (Å²) in [5.74, 6) is -6.50. The fourth-order valence-corrected chi connectivity index (χ4v) is 4.35. The van der Waals surface area contributed by atoms with Gasteiger partial charge in [0.15, 0.2) is 5.78 Å². The van der Waals surface area contributed by atoms with Gasteiger partial charge >= 0.3 is 0 Å². The van der Waals surface area contributed by atoms with E-state index in [4.69, 9.17) is 0 Å². The lowest BCUT2D eigenvalue weighted by Gasteiger charge is -2.25. The van der Waals surface area contributed by atoms with Crippen LogP contribution < -0.4 is 31.9 Å². The molecule has 276 valence electrons. The van der Waals surface area contributed by atoms with E-state index in [0.717, 1.165) is 20.8 Å². The molecule has 1 aliphatic heterocycles. The summed E-state index contributed by atoms with van der Waals surface area (Å²) in [6, 6.07) is -3.71. The lowest BCUT2D eigenvalue weighted by Crippen LogP contribution is -2.55. The van der Waals surface area contributed by atoms with Crippen LogP contribution in [0.3, 0.4) is 0 Å². The Bertz CT molecular complexity index is 1220. The van der Waals surface area contributed by atoms with Gasteiger partial charge in [0.25, 0.3) is 0 Å². The van der Waals surface area contributed by atoms with Gasteiger partial charge in [0.1, 0.15) is 6.04 Å². The predicted octanol–water partition coefficient (Wildman–Crippen LogP) is -4.10. The van der Waals surface area contributed by atoms with Gasteiger partial charge in [-0.1, -0.05) is 0 Å². The van der Waals surface area contributed by atoms with Crippen molar-refractivity contribution in [3.8, 4) is 0 Å². The van der Waals surface area contributed by atoms with E-state index in [1.807, 2.05) is 0 Å². The number of hydrogen-bond donors (Lipinski definition) is 9. The molecule has 49 heavy (non-hydrogen) atoms. The molecule has 1 saturated heterocycles. The molecule has 1 fully saturated rings. The Balaban J connectivity index is 3.31. The summed E-state index contributed by atoms with van der Waals surface area (Å²) in [5.41, 5.74) is 0. The second kappa shape index (κ2) is 22.0. The summed E-state index contributed by atoms with van der Waals surface area (Å²) in [5, 5.41) is 45.0. The highest BCUT2D eigenvalue weighted by Gasteiger charge is 2.29. The minimum Gasteiger partial charge on any atom is -0.346 e. The number of nitrogens with one attached hydrogen (secondary N) is 6. The van der Waals surface area contributed by atoms with Crippen LogP contribution in [0.4, 0.5) is 0 Å². The van der Waals surface area contributed by atoms with Crippen LogP contribution in [0.25, 0.3) is 0 Å². The maximum absolute atomic E-state index is 13.4. The fourth-order valence-electron chi connectivity index (χ4n) is 4.35. The van der Waals surface area contributed by atoms with Crippen molar-refractivity contribution >= 4 is 53.0 Å². The first-order chi connectivity index (χ1) is 23.0. The Hall–Kier alpha value is -4.73. The molecule has 1 heterocycles. The zero-order valence-electron chi connectivity index (χ0n) is 27.8. The molecule has 0 aromatic rings. The van der Waals surface area contributed by atoms with Gasteiger partial charge in [0, 0.05) is 40.4 Å². The SMILES string of the molecule is CC(=O)N(O)CCCC1NC(=O)C(CCCN(O)C(C)=O)NC(=O)CNC(=O)CNC(=O)CNC(=O)C(CCCN(O)C(C)=O)NCC1=O. The summed E-state index contributed by atoms with van der Waals surface area (Å²) in [6.07, 6.45) is -0.0864. The Labute approximate surface area is 282 Å². The number of nitrogens with zero attached hydrogens (tertiary/aromatic N) is 3. The zero-order valence-corrected chi connectivity index (χ0v) is 27.8. The van der Waals surface area contributed by atoms with Gasteiger partial charge < -0.3 is 26.6 Å². The molecular weight excluding hydrogens is 654 g/mol. The molecule has 8 amide bonds. The van der Waals surface area contributed by atoms with Crippen LogP contribution in [-0.2, 0) is 43.2 Å². The summed E-state index contributed by atoms with van der Waals surface area (Å²) in [7, 11) is 0. The first-order valence-corrected chi connectivity index (χ1v) is 15.6. The number of Topliss-reactive ketones (excluding diaryl/α,β-unsaturated/α-hetero) is 1. The first kappa shape index (κ1) is 42.3. The van der Waals surface area contributed by atoms with E-state index in [0.29, 0.717) is 15.2 Å². The van der Waals surface area contributed by atoms with E-state index in [1.165, 1.54) is 0 Å². The third-order valence-electron chi connectivity index (χ3n) is 7.19. The average Bonchev–Trinajstić information content (AvgIpc) is 3.04. The molecule has 21 heteroatoms. The van der Waals surface area contributed by atoms with Crippen LogP contribution in [0.2, 0.25) is 0 Å². The fraction of sp³-hybridized carbons (Fsp3) is 0.679. The molecule has 21 nitrogen and oxygen atoms in total. The molecule has 3 atom stereocenters. The van der Waals surface area contributed by atoms with E-state index in [2.05, 4.69) is 31.9 Å². The van der Waals surface area contributed by atoms with Crippen molar-refractivity contribution in [1.29, 1.82) is 0 Å². The molecule has 1 rings (SSSR count). The Morgan fingerprint density at radius 1 is 0.551 bits per heavy atom. The van der Waals surface area contributed by atoms with Gasteiger partial charge in [-0.25, -0.2) is 15.2 Å². The maximum Gasteiger partial charge on any atom is 0.243 e. The molecule has 0 aromatic heterocycles. The summed E-state index contributed by atoms with van der Waals surface area (Å²) in [4.78, 5) is 111. The lowest BCUT2D eigenvalue weighted by atomic mass is 10.0. The van der Waals surface area contributed by atoms with E-state index < -0.39 is 97.3 Å². The topological polar surface area (TPSA) is 296 Å². The van der Waals surface area contributed by atoms with Crippen molar-refractivity contribution in [1.82, 2.24) is 47.1 Å². The average molecular weight is 702 g/mol. The number of rotatable bonds is 12. The van der Waals surface area contributed by atoms with Crippen molar-refractivity contribution in [3.05, 3.63) is 0 Å². The van der Waals surface area contributed by atoms with Crippen molar-refractivity contribution in [2.75, 3.05) is 45.8 Å². The summed E-state index contributed by atoms with van der Waals surface area (Å²) >= 11 is 0. The number of hydroxylamine groups is 6. The van der Waals surface area contributed by atoms with Crippen molar-refractivity contribution < 1.29 is 58.8 Å². The lowest BCUT2D eigenvalue weighted by molar-refractivity contribution is -0.163. The predicted molar refractivity (Wildman–Crippen MR) is 165 cm³/mol. The smallest absolute Gasteiger partial charge is 0.243 e. The van der Waals surface area contributed by atoms with E-state index >= 15 is 0 Å². The molecule has 3 unspecified atom stereocenters. The Morgan fingerprint density at radius 2 is 0.959 bits per heavy atom. The monoisotopic (exact) mass is 701 g/mol. The highest BCUT2D eigenvalue weighted by atomic mass is 16.5. The summed E-state index contributed by atoms with van der Waals surface area (Å²) < 4.78 is 0. The molecule has 1 aliphatic rings. The molecule has 0 bridgehead atoms. The van der Waals surface area contributed by atoms with Crippen LogP contribution in [0.15, 0.2) is 0 Å². The molecular formula is C28H47N9O12. The molecule has 0 spiro atoms.